The van der Waals surface area contributed by atoms with Gasteiger partial charge in [0.1, 0.15) is 0 Å². The lowest BCUT2D eigenvalue weighted by Crippen LogP contribution is -2.50. The second-order valence-electron chi connectivity index (χ2n) is 38.7. The van der Waals surface area contributed by atoms with Crippen molar-refractivity contribution in [1.29, 1.82) is 0 Å². The van der Waals surface area contributed by atoms with Gasteiger partial charge in [0.2, 0.25) is 0 Å². The fourth-order valence-electron chi connectivity index (χ4n) is 22.7. The Morgan fingerprint density at radius 3 is 0.964 bits per heavy atom. The van der Waals surface area contributed by atoms with Crippen LogP contribution >= 0.6 is 0 Å². The van der Waals surface area contributed by atoms with Crippen LogP contribution in [0.5, 0.6) is 0 Å². The molecule has 0 spiro atoms. The molecule has 0 amide bonds. The van der Waals surface area contributed by atoms with Crippen LogP contribution in [0.2, 0.25) is 0 Å². The summed E-state index contributed by atoms with van der Waals surface area (Å²) in [4.78, 5) is 104. The minimum atomic E-state index is 0. The summed E-state index contributed by atoms with van der Waals surface area (Å²) in [6.07, 6.45) is 19.1. The van der Waals surface area contributed by atoms with E-state index in [2.05, 4.69) is 124 Å². The van der Waals surface area contributed by atoms with Gasteiger partial charge in [0, 0.05) is 256 Å². The van der Waals surface area contributed by atoms with E-state index in [9.17, 15) is 43.5 Å². The molecule has 0 radical (unpaired) electrons. The fourth-order valence-corrected chi connectivity index (χ4v) is 22.7. The molecule has 726 valence electrons. The minimum Gasteiger partial charge on any atom is -0.395 e. The van der Waals surface area contributed by atoms with Crippen molar-refractivity contribution in [2.24, 2.45) is 0 Å². The van der Waals surface area contributed by atoms with Crippen LogP contribution < -0.4 is 5.32 Å². The summed E-state index contributed by atoms with van der Waals surface area (Å²) in [7, 11) is 0. The van der Waals surface area contributed by atoms with E-state index in [1.807, 2.05) is 103 Å². The maximum absolute atomic E-state index is 12.4. The molecule has 0 unspecified atom stereocenters. The van der Waals surface area contributed by atoms with Crippen molar-refractivity contribution < 1.29 is 48.2 Å². The Morgan fingerprint density at radius 1 is 0.360 bits per heavy atom. The van der Waals surface area contributed by atoms with Gasteiger partial charge in [-0.1, -0.05) is 88.1 Å². The molecule has 7 aliphatic carbocycles. The topological polar surface area (TPSA) is 212 Å². The number of nitrogens with zero attached hydrogens (tertiary/aromatic N) is 8. The van der Waals surface area contributed by atoms with Crippen molar-refractivity contribution in [2.75, 3.05) is 72.2 Å². The number of carbonyl (C=O) groups excluding carboxylic acids is 8. The van der Waals surface area contributed by atoms with Gasteiger partial charge in [-0.15, -0.1) is 0 Å². The number of hydrogen-bond donors (Lipinski definition) is 2. The summed E-state index contributed by atoms with van der Waals surface area (Å²) in [5.74, 6) is 0.921. The van der Waals surface area contributed by atoms with Crippen LogP contribution in [-0.4, -0.2) is 179 Å². The third-order valence-corrected chi connectivity index (χ3v) is 30.9. The average molecular weight is 1870 g/mol. The van der Waals surface area contributed by atoms with Gasteiger partial charge in [-0.05, 0) is 322 Å². The third-order valence-electron chi connectivity index (χ3n) is 30.9. The van der Waals surface area contributed by atoms with Crippen molar-refractivity contribution >= 4 is 166 Å². The Kier molecular flexibility index (Phi) is 31.2. The monoisotopic (exact) mass is 1870 g/mol. The molecule has 19 heteroatoms. The standard InChI is InChI=1S/C26H30N2O2.C25H26N2O2.C22H24N2O2.C22H26N2O2.C21H19NO2.4CH4/c1-17(29)19-9-11-25-23(15-19)24-16-20(18(2)30)10-12-26(24)28(25)14-13-27(21-5-3-6-21)22-7-4-8-22;1-16-2-3-19-17(16)4-7-21-24(19)25-20-6-9-23(28)18(20)5-8-22(25)27(21)11-10-26-12-14-29-15-13-26;1-14(25)16-6-8-21-19(12-16)20-13-17(15(2)26)7-9-22(20)24(21)11-10-23-18-4-3-5-18;1-5-23(6-2)11-12-24-21-9-7-17(15(3)25)13-19(21)20-14-18(16(4)26)8-10-22(20)24;1-12-2-3-15-13(12)4-7-17-20(15)21-16-6-9-19(24)14(16)5-8-18(21)22(17)10-11-23;;;;/h9-12,15-16,21-22H,3-8,13-14H2,1-2H3;4-5,7-8H,1-3,6,9-15H2;6-9,12-13,18,23H,3-5,10-11H2,1-2H3;7-10,13-14H,5-6,11-12H2,1-4H3;4-5,7-8,23H,1-3,6,9-11H2;4*1H4. The highest BCUT2D eigenvalue weighted by molar-refractivity contribution is 6.21. The molecule has 2 N–H and O–H groups in total. The molecule has 5 aromatic heterocycles. The molecule has 10 aromatic carbocycles. The number of aryl methyl sites for hydroxylation is 4. The zero-order valence-electron chi connectivity index (χ0n) is 79.7. The lowest BCUT2D eigenvalue weighted by Gasteiger charge is -2.46. The average Bonchev–Trinajstić information content (AvgIpc) is 1.56. The van der Waals surface area contributed by atoms with Gasteiger partial charge in [0.05, 0.1) is 19.8 Å². The van der Waals surface area contributed by atoms with Gasteiger partial charge < -0.3 is 42.9 Å². The van der Waals surface area contributed by atoms with E-state index in [4.69, 9.17) is 4.74 Å². The number of rotatable bonds is 25. The normalized spacial score (nSPS) is 15.6. The molecule has 3 saturated carbocycles. The number of aliphatic hydroxyl groups is 1. The van der Waals surface area contributed by atoms with E-state index in [1.165, 1.54) is 140 Å². The first-order valence-corrected chi connectivity index (χ1v) is 49.4. The number of likely N-dealkylation sites (N-methyl/N-ethyl adjacent to an activating group) is 1. The number of morpholine rings is 1. The van der Waals surface area contributed by atoms with Gasteiger partial charge in [0.15, 0.2) is 46.3 Å². The predicted molar refractivity (Wildman–Crippen MR) is 574 cm³/mol. The summed E-state index contributed by atoms with van der Waals surface area (Å²) in [6.45, 7) is 36.5. The highest BCUT2D eigenvalue weighted by Crippen LogP contribution is 2.48. The molecule has 1 saturated heterocycles. The third kappa shape index (κ3) is 19.3. The SMILES string of the molecule is C.C.C.C.C=C1CCc2c1ccc1c2c2c3c(ccc2n1CCN1CCOCC1)C(=O)CC3.C=C1CCc2c1ccc1c2c2c3c(ccc2n1CCO)C(=O)CC3.CC(=O)c1ccc2c(c1)c1cc(C(C)=O)ccc1n2CCN(C1CCC1)C1CCC1.CC(=O)c1ccc2c(c1)c1cc(C(C)=O)ccc1n2CCNC1CCC1.CCN(CC)CCn1c2ccc(C(C)=O)cc2c2cc(C(C)=O)ccc21. The zero-order chi connectivity index (χ0) is 93.9. The second kappa shape index (κ2) is 42.9. The number of aliphatic hydroxyl groups excluding tert-OH is 1. The Labute approximate surface area is 818 Å². The molecule has 1 aliphatic heterocycles. The fraction of sp³-hybridized carbons (Fsp3) is 0.400. The number of hydrogen-bond acceptors (Lipinski definition) is 14. The van der Waals surface area contributed by atoms with Crippen molar-refractivity contribution in [2.45, 2.75) is 245 Å². The predicted octanol–water partition coefficient (Wildman–Crippen LogP) is 25.1. The summed E-state index contributed by atoms with van der Waals surface area (Å²) >= 11 is 0. The van der Waals surface area contributed by atoms with Gasteiger partial charge >= 0.3 is 0 Å². The van der Waals surface area contributed by atoms with Crippen molar-refractivity contribution in [1.82, 2.24) is 42.9 Å². The number of ketones is 8. The maximum atomic E-state index is 12.4. The van der Waals surface area contributed by atoms with E-state index in [0.29, 0.717) is 53.5 Å². The van der Waals surface area contributed by atoms with E-state index in [0.717, 1.165) is 236 Å². The van der Waals surface area contributed by atoms with Crippen LogP contribution in [0, 0.1) is 0 Å². The number of Topliss-reactive ketones (excluding diaryl/α,β-unsaturated/α-hetero) is 8. The Bertz CT molecular complexity index is 6990. The molecule has 0 atom stereocenters. The zero-order valence-corrected chi connectivity index (χ0v) is 79.7. The van der Waals surface area contributed by atoms with Crippen LogP contribution in [0.1, 0.15) is 285 Å². The van der Waals surface area contributed by atoms with Crippen LogP contribution in [0.3, 0.4) is 0 Å². The van der Waals surface area contributed by atoms with Crippen molar-refractivity contribution in [3.05, 3.63) is 249 Å². The number of benzene rings is 10. The van der Waals surface area contributed by atoms with Gasteiger partial charge in [-0.25, -0.2) is 0 Å². The Hall–Kier alpha value is -12.2. The van der Waals surface area contributed by atoms with Crippen LogP contribution in [0.15, 0.2) is 171 Å². The first kappa shape index (κ1) is 101. The number of allylic oxidation sites excluding steroid dienone is 2. The number of aromatic nitrogens is 5. The van der Waals surface area contributed by atoms with Gasteiger partial charge in [-0.3, -0.25) is 48.2 Å². The number of fused-ring (bicyclic) bond motifs is 23. The van der Waals surface area contributed by atoms with Gasteiger partial charge in [-0.2, -0.15) is 0 Å². The first-order valence-electron chi connectivity index (χ1n) is 49.4. The molecule has 19 nitrogen and oxygen atoms in total. The molecule has 8 aliphatic rings. The van der Waals surface area contributed by atoms with Gasteiger partial charge in [0.25, 0.3) is 0 Å². The molecule has 6 heterocycles. The van der Waals surface area contributed by atoms with Crippen LogP contribution in [0.4, 0.5) is 0 Å². The molecular weight excluding hydrogens is 1730 g/mol. The second-order valence-corrected chi connectivity index (χ2v) is 38.7. The first-order chi connectivity index (χ1) is 65.4. The highest BCUT2D eigenvalue weighted by atomic mass is 16.5. The largest absolute Gasteiger partial charge is 0.395 e. The lowest BCUT2D eigenvalue weighted by molar-refractivity contribution is 0.0366. The Balaban J connectivity index is 0.000000131. The molecular formula is C120H141N9O10. The van der Waals surface area contributed by atoms with E-state index < -0.39 is 0 Å². The van der Waals surface area contributed by atoms with E-state index >= 15 is 0 Å². The summed E-state index contributed by atoms with van der Waals surface area (Å²) < 4.78 is 17.2. The van der Waals surface area contributed by atoms with Crippen molar-refractivity contribution in [3.8, 4) is 0 Å². The molecule has 15 aromatic rings. The van der Waals surface area contributed by atoms with Crippen molar-refractivity contribution in [3.63, 3.8) is 0 Å². The number of nitrogens with one attached hydrogen (secondary N) is 1. The van der Waals surface area contributed by atoms with E-state index in [-0.39, 0.29) is 76.8 Å². The molecule has 0 bridgehead atoms. The number of ether oxygens (including phenoxy) is 1. The smallest absolute Gasteiger partial charge is 0.163 e. The maximum Gasteiger partial charge on any atom is 0.163 e. The number of carbonyl (C=O) groups is 8. The highest BCUT2D eigenvalue weighted by Gasteiger charge is 2.36. The summed E-state index contributed by atoms with van der Waals surface area (Å²) in [5.41, 5.74) is 28.1. The van der Waals surface area contributed by atoms with Crippen LogP contribution in [-0.2, 0) is 63.1 Å². The molecule has 23 rings (SSSR count). The lowest BCUT2D eigenvalue weighted by atomic mass is 9.84. The van der Waals surface area contributed by atoms with Crippen LogP contribution in [0.25, 0.3) is 120 Å². The molecule has 139 heavy (non-hydrogen) atoms. The quantitative estimate of drug-likeness (QED) is 0.0510. The van der Waals surface area contributed by atoms with E-state index in [1.54, 1.807) is 41.5 Å². The minimum absolute atomic E-state index is 0. The Morgan fingerprint density at radius 2 is 0.655 bits per heavy atom. The summed E-state index contributed by atoms with van der Waals surface area (Å²) in [6, 6.07) is 54.9. The summed E-state index contributed by atoms with van der Waals surface area (Å²) in [5, 5.41) is 24.7. The molecule has 4 fully saturated rings.